The molecular weight excluding hydrogens is 434 g/mol. The summed E-state index contributed by atoms with van der Waals surface area (Å²) in [6.45, 7) is 7.14. The van der Waals surface area contributed by atoms with E-state index in [1.165, 1.54) is 4.90 Å². The van der Waals surface area contributed by atoms with Crippen LogP contribution in [0.5, 0.6) is 0 Å². The number of nitrogens with one attached hydrogen (secondary N) is 2. The van der Waals surface area contributed by atoms with Gasteiger partial charge in [-0.2, -0.15) is 0 Å². The van der Waals surface area contributed by atoms with E-state index in [4.69, 9.17) is 0 Å². The summed E-state index contributed by atoms with van der Waals surface area (Å²) in [4.78, 5) is 63.1. The Balaban J connectivity index is 1.32. The number of ketones is 1. The number of fused-ring (bicyclic) bond motifs is 1. The Kier molecular flexibility index (Phi) is 6.60. The average Bonchev–Trinajstić information content (AvgIpc) is 3.12. The molecule has 182 valence electrons. The predicted octanol–water partition coefficient (Wildman–Crippen LogP) is 2.49. The topological polar surface area (TPSA) is 113 Å². The monoisotopic (exact) mass is 467 g/mol. The highest BCUT2D eigenvalue weighted by Gasteiger charge is 2.39. The summed E-state index contributed by atoms with van der Waals surface area (Å²) in [6.07, 6.45) is 3.97. The molecule has 1 atom stereocenters. The maximum Gasteiger partial charge on any atom is 0.287 e. The third-order valence-electron chi connectivity index (χ3n) is 7.59. The molecule has 1 aromatic rings. The summed E-state index contributed by atoms with van der Waals surface area (Å²) in [6, 6.07) is 4.62. The Labute approximate surface area is 199 Å². The summed E-state index contributed by atoms with van der Waals surface area (Å²) in [7, 11) is 0. The van der Waals surface area contributed by atoms with Gasteiger partial charge in [0.05, 0.1) is 0 Å². The maximum atomic E-state index is 12.8. The molecule has 0 aromatic heterocycles. The molecular formula is C26H33N3O5. The van der Waals surface area contributed by atoms with Crippen molar-refractivity contribution in [3.8, 4) is 0 Å². The Morgan fingerprint density at radius 3 is 2.41 bits per heavy atom. The van der Waals surface area contributed by atoms with Gasteiger partial charge in [0.25, 0.3) is 11.8 Å². The van der Waals surface area contributed by atoms with Crippen LogP contribution >= 0.6 is 0 Å². The first-order valence-corrected chi connectivity index (χ1v) is 12.1. The lowest BCUT2D eigenvalue weighted by molar-refractivity contribution is -0.141. The molecule has 2 aliphatic heterocycles. The van der Waals surface area contributed by atoms with Gasteiger partial charge in [0.2, 0.25) is 17.6 Å². The average molecular weight is 468 g/mol. The van der Waals surface area contributed by atoms with Gasteiger partial charge in [-0.15, -0.1) is 0 Å². The van der Waals surface area contributed by atoms with Gasteiger partial charge in [-0.3, -0.25) is 29.3 Å². The van der Waals surface area contributed by atoms with Gasteiger partial charge in [-0.25, -0.2) is 0 Å². The zero-order valence-electron chi connectivity index (χ0n) is 20.1. The largest absolute Gasteiger partial charge is 0.345 e. The van der Waals surface area contributed by atoms with Crippen LogP contribution in [0.3, 0.4) is 0 Å². The van der Waals surface area contributed by atoms with E-state index in [9.17, 15) is 24.0 Å². The fourth-order valence-electron chi connectivity index (χ4n) is 5.41. The van der Waals surface area contributed by atoms with Gasteiger partial charge in [-0.1, -0.05) is 32.9 Å². The van der Waals surface area contributed by atoms with Crippen LogP contribution in [0.25, 0.3) is 0 Å². The second-order valence-electron chi connectivity index (χ2n) is 10.9. The Morgan fingerprint density at radius 1 is 1.06 bits per heavy atom. The van der Waals surface area contributed by atoms with Crippen molar-refractivity contribution in [3.05, 3.63) is 34.9 Å². The third kappa shape index (κ3) is 4.91. The number of carbonyl (C=O) groups is 5. The number of piperidine rings is 1. The molecule has 3 aliphatic rings. The lowest BCUT2D eigenvalue weighted by atomic mass is 9.69. The van der Waals surface area contributed by atoms with Crippen LogP contribution in [-0.4, -0.2) is 40.4 Å². The molecule has 34 heavy (non-hydrogen) atoms. The van der Waals surface area contributed by atoms with Crippen molar-refractivity contribution in [2.75, 3.05) is 0 Å². The molecule has 4 rings (SSSR count). The van der Waals surface area contributed by atoms with Crippen molar-refractivity contribution in [1.82, 2.24) is 15.5 Å². The zero-order chi connectivity index (χ0) is 24.6. The molecule has 4 amide bonds. The van der Waals surface area contributed by atoms with E-state index >= 15 is 0 Å². The molecule has 2 N–H and O–H groups in total. The molecule has 0 bridgehead atoms. The number of nitrogens with zero attached hydrogens (tertiary/aromatic N) is 1. The van der Waals surface area contributed by atoms with Gasteiger partial charge >= 0.3 is 0 Å². The lowest BCUT2D eigenvalue weighted by Gasteiger charge is -2.36. The lowest BCUT2D eigenvalue weighted by Crippen LogP contribution is -2.52. The normalized spacial score (nSPS) is 25.1. The molecule has 1 aromatic carbocycles. The summed E-state index contributed by atoms with van der Waals surface area (Å²) < 4.78 is 0. The minimum Gasteiger partial charge on any atom is -0.345 e. The molecule has 0 radical (unpaired) electrons. The van der Waals surface area contributed by atoms with E-state index in [0.717, 1.165) is 36.8 Å². The Morgan fingerprint density at radius 2 is 1.76 bits per heavy atom. The fraction of sp³-hybridized carbons (Fsp3) is 0.577. The molecule has 8 heteroatoms. The second-order valence-corrected chi connectivity index (χ2v) is 10.9. The first kappa shape index (κ1) is 24.1. The van der Waals surface area contributed by atoms with Crippen molar-refractivity contribution in [3.63, 3.8) is 0 Å². The molecule has 1 aliphatic carbocycles. The Hall–Kier alpha value is -3.03. The van der Waals surface area contributed by atoms with Crippen molar-refractivity contribution < 1.29 is 24.0 Å². The Bertz CT molecular complexity index is 1030. The third-order valence-corrected chi connectivity index (χ3v) is 7.59. The smallest absolute Gasteiger partial charge is 0.287 e. The van der Waals surface area contributed by atoms with E-state index < -0.39 is 17.9 Å². The highest BCUT2D eigenvalue weighted by Crippen LogP contribution is 2.40. The van der Waals surface area contributed by atoms with E-state index in [1.807, 2.05) is 6.07 Å². The second kappa shape index (κ2) is 9.31. The first-order valence-electron chi connectivity index (χ1n) is 12.1. The van der Waals surface area contributed by atoms with Crippen molar-refractivity contribution in [2.24, 2.45) is 17.3 Å². The first-order chi connectivity index (χ1) is 16.0. The van der Waals surface area contributed by atoms with Crippen LogP contribution in [-0.2, 0) is 32.3 Å². The molecule has 0 spiro atoms. The highest BCUT2D eigenvalue weighted by molar-refractivity contribution is 6.36. The fourth-order valence-corrected chi connectivity index (χ4v) is 5.41. The molecule has 1 saturated heterocycles. The molecule has 8 nitrogen and oxygen atoms in total. The molecule has 1 unspecified atom stereocenters. The van der Waals surface area contributed by atoms with Gasteiger partial charge in [0, 0.05) is 31.0 Å². The molecule has 2 heterocycles. The molecule has 1 saturated carbocycles. The van der Waals surface area contributed by atoms with Crippen molar-refractivity contribution >= 4 is 29.4 Å². The van der Waals surface area contributed by atoms with Crippen LogP contribution in [0.4, 0.5) is 0 Å². The van der Waals surface area contributed by atoms with Gasteiger partial charge in [0.1, 0.15) is 6.04 Å². The van der Waals surface area contributed by atoms with Crippen LogP contribution in [0.1, 0.15) is 80.8 Å². The number of Topliss-reactive ketones (excluding diaryl/α,β-unsaturated/α-hetero) is 1. The van der Waals surface area contributed by atoms with Crippen LogP contribution < -0.4 is 10.6 Å². The zero-order valence-corrected chi connectivity index (χ0v) is 20.1. The summed E-state index contributed by atoms with van der Waals surface area (Å²) in [5.74, 6) is -1.53. The maximum absolute atomic E-state index is 12.8. The summed E-state index contributed by atoms with van der Waals surface area (Å²) in [5.41, 5.74) is 2.30. The standard InChI is InChI=1S/C26H33N3O5/c1-26(2,3)18-7-5-16(6-8-18)22(31)24(33)27-13-15-4-9-19-17(12-15)14-29(25(19)34)20-10-11-21(30)28-23(20)32/h4,9,12,16,18,20H,5-8,10-11,13-14H2,1-3H3,(H,27,33)(H,28,30,32). The quantitative estimate of drug-likeness (QED) is 0.510. The van der Waals surface area contributed by atoms with Gasteiger partial charge in [-0.05, 0) is 60.6 Å². The minimum absolute atomic E-state index is 0.196. The van der Waals surface area contributed by atoms with Crippen LogP contribution in [0, 0.1) is 17.3 Å². The van der Waals surface area contributed by atoms with E-state index in [-0.39, 0.29) is 48.4 Å². The summed E-state index contributed by atoms with van der Waals surface area (Å²) in [5, 5.41) is 5.03. The summed E-state index contributed by atoms with van der Waals surface area (Å²) >= 11 is 0. The van der Waals surface area contributed by atoms with Gasteiger partial charge in [0.15, 0.2) is 0 Å². The van der Waals surface area contributed by atoms with E-state index in [1.54, 1.807) is 12.1 Å². The minimum atomic E-state index is -0.660. The van der Waals surface area contributed by atoms with Crippen LogP contribution in [0.15, 0.2) is 18.2 Å². The number of imide groups is 1. The van der Waals surface area contributed by atoms with E-state index in [0.29, 0.717) is 17.9 Å². The van der Waals surface area contributed by atoms with Crippen molar-refractivity contribution in [1.29, 1.82) is 0 Å². The highest BCUT2D eigenvalue weighted by atomic mass is 16.2. The predicted molar refractivity (Wildman–Crippen MR) is 124 cm³/mol. The van der Waals surface area contributed by atoms with Crippen molar-refractivity contribution in [2.45, 2.75) is 78.4 Å². The number of rotatable bonds is 5. The number of amides is 4. The van der Waals surface area contributed by atoms with Crippen LogP contribution in [0.2, 0.25) is 0 Å². The number of hydrogen-bond acceptors (Lipinski definition) is 5. The van der Waals surface area contributed by atoms with Gasteiger partial charge < -0.3 is 10.2 Å². The molecule has 2 fully saturated rings. The number of hydrogen-bond donors (Lipinski definition) is 2. The number of carbonyl (C=O) groups excluding carboxylic acids is 5. The number of benzene rings is 1. The van der Waals surface area contributed by atoms with E-state index in [2.05, 4.69) is 31.4 Å². The SMILES string of the molecule is CC(C)(C)C1CCC(C(=O)C(=O)NCc2ccc3c(c2)CN(C2CCC(=O)NC2=O)C3=O)CC1.